The van der Waals surface area contributed by atoms with Crippen LogP contribution in [0.15, 0.2) is 0 Å². The molecule has 0 aromatic heterocycles. The molecule has 1 unspecified atom stereocenters. The van der Waals surface area contributed by atoms with Crippen molar-refractivity contribution in [2.24, 2.45) is 0 Å². The first-order valence-corrected chi connectivity index (χ1v) is 11.1. The van der Waals surface area contributed by atoms with Crippen molar-refractivity contribution in [3.8, 4) is 0 Å². The minimum Gasteiger partial charge on any atom is -0.300 e. The third-order valence-corrected chi connectivity index (χ3v) is 6.33. The number of unbranched alkanes of at least 4 members (excludes halogenated alkanes) is 2. The standard InChI is InChI=1S/C18H29NO4S2/c1-14(20)7-4-3-5-9-19-17(22)13-16(18(19)23)25-11-6-10-24-12-8-15(2)21/h16H,3-13H2,1-2H3. The molecule has 0 bridgehead atoms. The highest BCUT2D eigenvalue weighted by Crippen LogP contribution is 2.26. The van der Waals surface area contributed by atoms with Crippen molar-refractivity contribution < 1.29 is 19.2 Å². The summed E-state index contributed by atoms with van der Waals surface area (Å²) in [6.07, 6.45) is 4.95. The van der Waals surface area contributed by atoms with Gasteiger partial charge >= 0.3 is 0 Å². The Morgan fingerprint density at radius 2 is 1.68 bits per heavy atom. The quantitative estimate of drug-likeness (QED) is 0.337. The Morgan fingerprint density at radius 3 is 2.36 bits per heavy atom. The highest BCUT2D eigenvalue weighted by Gasteiger charge is 2.37. The zero-order chi connectivity index (χ0) is 18.7. The van der Waals surface area contributed by atoms with Crippen LogP contribution in [-0.4, -0.2) is 57.3 Å². The van der Waals surface area contributed by atoms with E-state index in [1.807, 2.05) is 0 Å². The Labute approximate surface area is 159 Å². The summed E-state index contributed by atoms with van der Waals surface area (Å²) in [5, 5.41) is -0.230. The van der Waals surface area contributed by atoms with Crippen LogP contribution in [0.5, 0.6) is 0 Å². The van der Waals surface area contributed by atoms with Gasteiger partial charge in [0.1, 0.15) is 11.6 Å². The fourth-order valence-corrected chi connectivity index (χ4v) is 4.84. The van der Waals surface area contributed by atoms with Gasteiger partial charge in [-0.15, -0.1) is 11.8 Å². The van der Waals surface area contributed by atoms with Crippen LogP contribution >= 0.6 is 23.5 Å². The molecule has 0 spiro atoms. The molecule has 2 amide bonds. The number of amides is 2. The topological polar surface area (TPSA) is 71.5 Å². The third kappa shape index (κ3) is 9.45. The zero-order valence-corrected chi connectivity index (χ0v) is 16.9. The predicted molar refractivity (Wildman–Crippen MR) is 104 cm³/mol. The van der Waals surface area contributed by atoms with Crippen LogP contribution in [0.2, 0.25) is 0 Å². The summed E-state index contributed by atoms with van der Waals surface area (Å²) in [4.78, 5) is 47.4. The lowest BCUT2D eigenvalue weighted by atomic mass is 10.1. The second-order valence-corrected chi connectivity index (χ2v) is 8.91. The van der Waals surface area contributed by atoms with Gasteiger partial charge in [-0.3, -0.25) is 19.3 Å². The lowest BCUT2D eigenvalue weighted by Crippen LogP contribution is -2.32. The Bertz CT molecular complexity index is 482. The number of carbonyl (C=O) groups is 4. The molecule has 1 rings (SSSR count). The van der Waals surface area contributed by atoms with E-state index in [-0.39, 0.29) is 28.6 Å². The average molecular weight is 388 g/mol. The number of thioether (sulfide) groups is 2. The smallest absolute Gasteiger partial charge is 0.242 e. The molecule has 1 atom stereocenters. The molecule has 25 heavy (non-hydrogen) atoms. The number of nitrogens with zero attached hydrogens (tertiary/aromatic N) is 1. The summed E-state index contributed by atoms with van der Waals surface area (Å²) in [6.45, 7) is 3.67. The molecule has 142 valence electrons. The van der Waals surface area contributed by atoms with E-state index in [2.05, 4.69) is 0 Å². The SMILES string of the molecule is CC(=O)CCCCCN1C(=O)CC(SCCCSCCC(C)=O)C1=O. The first-order chi connectivity index (χ1) is 11.9. The summed E-state index contributed by atoms with van der Waals surface area (Å²) in [5.74, 6) is 2.99. The molecule has 1 aliphatic heterocycles. The van der Waals surface area contributed by atoms with Gasteiger partial charge in [-0.1, -0.05) is 6.42 Å². The van der Waals surface area contributed by atoms with Crippen LogP contribution in [0.3, 0.4) is 0 Å². The maximum absolute atomic E-state index is 12.3. The number of hydrogen-bond acceptors (Lipinski definition) is 6. The minimum atomic E-state index is -0.230. The van der Waals surface area contributed by atoms with Crippen molar-refractivity contribution in [2.75, 3.05) is 23.8 Å². The van der Waals surface area contributed by atoms with Gasteiger partial charge in [-0.2, -0.15) is 11.8 Å². The summed E-state index contributed by atoms with van der Waals surface area (Å²) >= 11 is 3.34. The molecule has 0 radical (unpaired) electrons. The van der Waals surface area contributed by atoms with E-state index in [1.165, 1.54) is 4.90 Å². The molecule has 5 nitrogen and oxygen atoms in total. The van der Waals surface area contributed by atoms with Crippen molar-refractivity contribution in [2.45, 2.75) is 64.0 Å². The Kier molecular flexibility index (Phi) is 11.1. The Hall–Kier alpha value is -0.820. The van der Waals surface area contributed by atoms with Gasteiger partial charge in [0.2, 0.25) is 11.8 Å². The minimum absolute atomic E-state index is 0.0502. The van der Waals surface area contributed by atoms with Gasteiger partial charge in [0, 0.05) is 31.6 Å². The van der Waals surface area contributed by atoms with Gasteiger partial charge in [-0.05, 0) is 44.6 Å². The lowest BCUT2D eigenvalue weighted by Gasteiger charge is -2.14. The lowest BCUT2D eigenvalue weighted by molar-refractivity contribution is -0.138. The van der Waals surface area contributed by atoms with Crippen LogP contribution in [0.1, 0.15) is 58.8 Å². The molecule has 0 aliphatic carbocycles. The molecular formula is C18H29NO4S2. The first-order valence-electron chi connectivity index (χ1n) is 8.94. The molecule has 0 saturated carbocycles. The van der Waals surface area contributed by atoms with Crippen LogP contribution in [0.25, 0.3) is 0 Å². The summed E-state index contributed by atoms with van der Waals surface area (Å²) < 4.78 is 0. The molecular weight excluding hydrogens is 358 g/mol. The van der Waals surface area contributed by atoms with E-state index in [4.69, 9.17) is 0 Å². The second-order valence-electron chi connectivity index (χ2n) is 6.38. The number of ketones is 2. The van der Waals surface area contributed by atoms with E-state index in [1.54, 1.807) is 37.4 Å². The molecule has 0 aromatic rings. The molecule has 0 N–H and O–H groups in total. The maximum atomic E-state index is 12.3. The normalized spacial score (nSPS) is 17.4. The first kappa shape index (κ1) is 22.2. The fraction of sp³-hybridized carbons (Fsp3) is 0.778. The monoisotopic (exact) mass is 387 g/mol. The number of imide groups is 1. The van der Waals surface area contributed by atoms with Crippen LogP contribution in [0, 0.1) is 0 Å². The summed E-state index contributed by atoms with van der Waals surface area (Å²) in [6, 6.07) is 0. The Balaban J connectivity index is 2.14. The average Bonchev–Trinajstić information content (AvgIpc) is 2.80. The molecule has 1 aliphatic rings. The molecule has 7 heteroatoms. The van der Waals surface area contributed by atoms with Crippen molar-refractivity contribution in [3.05, 3.63) is 0 Å². The summed E-state index contributed by atoms with van der Waals surface area (Å²) in [7, 11) is 0. The van der Waals surface area contributed by atoms with Gasteiger partial charge in [0.25, 0.3) is 0 Å². The fourth-order valence-electron chi connectivity index (χ4n) is 2.54. The van der Waals surface area contributed by atoms with Gasteiger partial charge in [-0.25, -0.2) is 0 Å². The van der Waals surface area contributed by atoms with E-state index in [0.29, 0.717) is 25.8 Å². The predicted octanol–water partition coefficient (Wildman–Crippen LogP) is 3.10. The number of rotatable bonds is 14. The molecule has 1 saturated heterocycles. The van der Waals surface area contributed by atoms with E-state index >= 15 is 0 Å². The summed E-state index contributed by atoms with van der Waals surface area (Å²) in [5.41, 5.74) is 0. The third-order valence-electron chi connectivity index (χ3n) is 3.96. The largest absolute Gasteiger partial charge is 0.300 e. The molecule has 1 heterocycles. The van der Waals surface area contributed by atoms with Crippen LogP contribution in [-0.2, 0) is 19.2 Å². The highest BCUT2D eigenvalue weighted by molar-refractivity contribution is 8.01. The van der Waals surface area contributed by atoms with E-state index in [0.717, 1.165) is 42.9 Å². The van der Waals surface area contributed by atoms with Gasteiger partial charge in [0.05, 0.1) is 5.25 Å². The zero-order valence-electron chi connectivity index (χ0n) is 15.3. The van der Waals surface area contributed by atoms with Crippen molar-refractivity contribution >= 4 is 46.9 Å². The van der Waals surface area contributed by atoms with Crippen LogP contribution < -0.4 is 0 Å². The van der Waals surface area contributed by atoms with Gasteiger partial charge in [0.15, 0.2) is 0 Å². The Morgan fingerprint density at radius 1 is 0.960 bits per heavy atom. The second kappa shape index (κ2) is 12.5. The van der Waals surface area contributed by atoms with Crippen molar-refractivity contribution in [1.82, 2.24) is 4.90 Å². The van der Waals surface area contributed by atoms with Crippen molar-refractivity contribution in [3.63, 3.8) is 0 Å². The van der Waals surface area contributed by atoms with Crippen molar-refractivity contribution in [1.29, 1.82) is 0 Å². The number of Topliss-reactive ketones (excluding diaryl/α,β-unsaturated/α-hetero) is 2. The molecule has 0 aromatic carbocycles. The van der Waals surface area contributed by atoms with Gasteiger partial charge < -0.3 is 4.79 Å². The number of carbonyl (C=O) groups excluding carboxylic acids is 4. The highest BCUT2D eigenvalue weighted by atomic mass is 32.2. The van der Waals surface area contributed by atoms with Crippen LogP contribution in [0.4, 0.5) is 0 Å². The number of hydrogen-bond donors (Lipinski definition) is 0. The number of likely N-dealkylation sites (tertiary alicyclic amines) is 1. The van der Waals surface area contributed by atoms with E-state index in [9.17, 15) is 19.2 Å². The maximum Gasteiger partial charge on any atom is 0.242 e. The van der Waals surface area contributed by atoms with E-state index < -0.39 is 0 Å². The molecule has 1 fully saturated rings.